The van der Waals surface area contributed by atoms with E-state index in [1.165, 1.54) is 0 Å². The van der Waals surface area contributed by atoms with Crippen molar-refractivity contribution < 1.29 is 9.90 Å². The van der Waals surface area contributed by atoms with E-state index in [9.17, 15) is 9.90 Å². The number of aliphatic hydroxyl groups is 1. The summed E-state index contributed by atoms with van der Waals surface area (Å²) < 4.78 is 0. The SMILES string of the molecule is O=C(c1cccnc1)N1CC[C@H](O)[C@@H]1Cc1cccnc1. The third kappa shape index (κ3) is 2.92. The molecule has 1 fully saturated rings. The topological polar surface area (TPSA) is 66.3 Å². The molecule has 1 saturated heterocycles. The van der Waals surface area contributed by atoms with E-state index in [0.717, 1.165) is 5.56 Å². The van der Waals surface area contributed by atoms with Crippen LogP contribution >= 0.6 is 0 Å². The van der Waals surface area contributed by atoms with Gasteiger partial charge < -0.3 is 10.0 Å². The summed E-state index contributed by atoms with van der Waals surface area (Å²) in [5.41, 5.74) is 1.58. The number of pyridine rings is 2. The first-order valence-electron chi connectivity index (χ1n) is 7.03. The second-order valence-electron chi connectivity index (χ2n) is 5.23. The van der Waals surface area contributed by atoms with Gasteiger partial charge in [-0.2, -0.15) is 0 Å². The molecule has 5 nitrogen and oxygen atoms in total. The van der Waals surface area contributed by atoms with E-state index >= 15 is 0 Å². The molecule has 0 saturated carbocycles. The van der Waals surface area contributed by atoms with Crippen LogP contribution in [0.5, 0.6) is 0 Å². The molecule has 1 N–H and O–H groups in total. The quantitative estimate of drug-likeness (QED) is 0.922. The fourth-order valence-electron chi connectivity index (χ4n) is 2.75. The average molecular weight is 283 g/mol. The summed E-state index contributed by atoms with van der Waals surface area (Å²) in [6, 6.07) is 7.12. The molecule has 0 unspecified atom stereocenters. The molecule has 5 heteroatoms. The van der Waals surface area contributed by atoms with Crippen molar-refractivity contribution in [3.63, 3.8) is 0 Å². The average Bonchev–Trinajstić information content (AvgIpc) is 2.90. The standard InChI is InChI=1S/C16H17N3O2/c20-15-5-8-19(16(21)13-4-2-7-18-11-13)14(15)9-12-3-1-6-17-10-12/h1-4,6-7,10-11,14-15,20H,5,8-9H2/t14-,15-/m0/s1. The van der Waals surface area contributed by atoms with Crippen molar-refractivity contribution in [1.82, 2.24) is 14.9 Å². The summed E-state index contributed by atoms with van der Waals surface area (Å²) in [7, 11) is 0. The highest BCUT2D eigenvalue weighted by atomic mass is 16.3. The number of likely N-dealkylation sites (tertiary alicyclic amines) is 1. The first kappa shape index (κ1) is 13.7. The van der Waals surface area contributed by atoms with Gasteiger partial charge in [0.25, 0.3) is 5.91 Å². The van der Waals surface area contributed by atoms with E-state index in [1.807, 2.05) is 12.1 Å². The molecule has 0 aromatic carbocycles. The molecular weight excluding hydrogens is 266 g/mol. The monoisotopic (exact) mass is 283 g/mol. The van der Waals surface area contributed by atoms with Gasteiger partial charge in [-0.15, -0.1) is 0 Å². The van der Waals surface area contributed by atoms with E-state index in [4.69, 9.17) is 0 Å². The number of rotatable bonds is 3. The Labute approximate surface area is 123 Å². The molecule has 2 aromatic heterocycles. The van der Waals surface area contributed by atoms with Crippen molar-refractivity contribution in [3.05, 3.63) is 60.2 Å². The second-order valence-corrected chi connectivity index (χ2v) is 5.23. The summed E-state index contributed by atoms with van der Waals surface area (Å²) in [4.78, 5) is 22.4. The third-order valence-corrected chi connectivity index (χ3v) is 3.85. The summed E-state index contributed by atoms with van der Waals surface area (Å²) in [5, 5.41) is 10.2. The lowest BCUT2D eigenvalue weighted by Gasteiger charge is -2.26. The van der Waals surface area contributed by atoms with Crippen molar-refractivity contribution in [2.45, 2.75) is 25.0 Å². The Balaban J connectivity index is 1.79. The van der Waals surface area contributed by atoms with Crippen LogP contribution in [-0.4, -0.2) is 44.6 Å². The van der Waals surface area contributed by atoms with Crippen molar-refractivity contribution in [3.8, 4) is 0 Å². The van der Waals surface area contributed by atoms with Gasteiger partial charge in [0.15, 0.2) is 0 Å². The molecule has 2 aromatic rings. The Morgan fingerprint density at radius 2 is 2.00 bits per heavy atom. The Bertz CT molecular complexity index is 603. The van der Waals surface area contributed by atoms with Gasteiger partial charge in [-0.25, -0.2) is 0 Å². The lowest BCUT2D eigenvalue weighted by molar-refractivity contribution is 0.0639. The Kier molecular flexibility index (Phi) is 3.92. The van der Waals surface area contributed by atoms with Gasteiger partial charge in [-0.3, -0.25) is 14.8 Å². The van der Waals surface area contributed by atoms with Crippen LogP contribution in [0.25, 0.3) is 0 Å². The first-order chi connectivity index (χ1) is 10.3. The van der Waals surface area contributed by atoms with E-state index in [2.05, 4.69) is 9.97 Å². The van der Waals surface area contributed by atoms with E-state index in [1.54, 1.807) is 41.8 Å². The van der Waals surface area contributed by atoms with Crippen LogP contribution in [0.2, 0.25) is 0 Å². The highest BCUT2D eigenvalue weighted by Crippen LogP contribution is 2.23. The fraction of sp³-hybridized carbons (Fsp3) is 0.312. The fourth-order valence-corrected chi connectivity index (χ4v) is 2.75. The van der Waals surface area contributed by atoms with Gasteiger partial charge in [0.05, 0.1) is 17.7 Å². The minimum atomic E-state index is -0.495. The predicted molar refractivity (Wildman–Crippen MR) is 77.6 cm³/mol. The van der Waals surface area contributed by atoms with Crippen molar-refractivity contribution in [1.29, 1.82) is 0 Å². The molecule has 108 valence electrons. The van der Waals surface area contributed by atoms with Crippen LogP contribution in [-0.2, 0) is 6.42 Å². The molecule has 0 aliphatic carbocycles. The predicted octanol–water partition coefficient (Wildman–Crippen LogP) is 1.29. The number of hydrogen-bond acceptors (Lipinski definition) is 4. The van der Waals surface area contributed by atoms with E-state index < -0.39 is 6.10 Å². The number of hydrogen-bond donors (Lipinski definition) is 1. The highest BCUT2D eigenvalue weighted by Gasteiger charge is 2.36. The van der Waals surface area contributed by atoms with E-state index in [0.29, 0.717) is 24.9 Å². The van der Waals surface area contributed by atoms with Crippen LogP contribution in [0, 0.1) is 0 Å². The molecular formula is C16H17N3O2. The summed E-state index contributed by atoms with van der Waals surface area (Å²) in [6.07, 6.45) is 7.42. The van der Waals surface area contributed by atoms with E-state index in [-0.39, 0.29) is 11.9 Å². The number of carbonyl (C=O) groups is 1. The maximum absolute atomic E-state index is 12.6. The van der Waals surface area contributed by atoms with Gasteiger partial charge in [0, 0.05) is 31.3 Å². The molecule has 1 aliphatic heterocycles. The molecule has 21 heavy (non-hydrogen) atoms. The molecule has 3 heterocycles. The van der Waals surface area contributed by atoms with Crippen LogP contribution in [0.4, 0.5) is 0 Å². The third-order valence-electron chi connectivity index (χ3n) is 3.85. The van der Waals surface area contributed by atoms with Crippen LogP contribution in [0.15, 0.2) is 49.1 Å². The number of nitrogens with zero attached hydrogens (tertiary/aromatic N) is 3. The van der Waals surface area contributed by atoms with Gasteiger partial charge in [0.2, 0.25) is 0 Å². The summed E-state index contributed by atoms with van der Waals surface area (Å²) >= 11 is 0. The maximum atomic E-state index is 12.6. The summed E-state index contributed by atoms with van der Waals surface area (Å²) in [6.45, 7) is 0.569. The molecule has 0 bridgehead atoms. The Morgan fingerprint density at radius 3 is 2.67 bits per heavy atom. The molecule has 2 atom stereocenters. The van der Waals surface area contributed by atoms with Crippen molar-refractivity contribution >= 4 is 5.91 Å². The largest absolute Gasteiger partial charge is 0.391 e. The molecule has 3 rings (SSSR count). The normalized spacial score (nSPS) is 21.5. The van der Waals surface area contributed by atoms with Crippen LogP contribution in [0.1, 0.15) is 22.3 Å². The zero-order chi connectivity index (χ0) is 14.7. The minimum absolute atomic E-state index is 0.0754. The summed E-state index contributed by atoms with van der Waals surface area (Å²) in [5.74, 6) is -0.0754. The first-order valence-corrected chi connectivity index (χ1v) is 7.03. The Hall–Kier alpha value is -2.27. The van der Waals surface area contributed by atoms with Gasteiger partial charge in [-0.05, 0) is 36.6 Å². The molecule has 1 amide bonds. The van der Waals surface area contributed by atoms with Crippen LogP contribution < -0.4 is 0 Å². The zero-order valence-electron chi connectivity index (χ0n) is 11.6. The minimum Gasteiger partial charge on any atom is -0.391 e. The lowest BCUT2D eigenvalue weighted by Crippen LogP contribution is -2.41. The smallest absolute Gasteiger partial charge is 0.255 e. The Morgan fingerprint density at radius 1 is 1.24 bits per heavy atom. The van der Waals surface area contributed by atoms with Crippen molar-refractivity contribution in [2.75, 3.05) is 6.54 Å². The number of aliphatic hydroxyl groups excluding tert-OH is 1. The van der Waals surface area contributed by atoms with Gasteiger partial charge in [-0.1, -0.05) is 6.07 Å². The molecule has 1 aliphatic rings. The molecule has 0 spiro atoms. The van der Waals surface area contributed by atoms with Gasteiger partial charge >= 0.3 is 0 Å². The number of carbonyl (C=O) groups excluding carboxylic acids is 1. The lowest BCUT2D eigenvalue weighted by atomic mass is 10.0. The number of aromatic nitrogens is 2. The second kappa shape index (κ2) is 6.01. The highest BCUT2D eigenvalue weighted by molar-refractivity contribution is 5.94. The molecule has 0 radical (unpaired) electrons. The number of amides is 1. The van der Waals surface area contributed by atoms with Crippen molar-refractivity contribution in [2.24, 2.45) is 0 Å². The maximum Gasteiger partial charge on any atom is 0.255 e. The zero-order valence-corrected chi connectivity index (χ0v) is 11.6. The van der Waals surface area contributed by atoms with Gasteiger partial charge in [0.1, 0.15) is 0 Å². The van der Waals surface area contributed by atoms with Crippen LogP contribution in [0.3, 0.4) is 0 Å².